The zero-order chi connectivity index (χ0) is 31.7. The fourth-order valence-electron chi connectivity index (χ4n) is 4.29. The number of hydrogen-bond donors (Lipinski definition) is 2. The molecule has 4 aromatic rings. The highest BCUT2D eigenvalue weighted by Gasteiger charge is 2.19. The predicted molar refractivity (Wildman–Crippen MR) is 141 cm³/mol. The maximum Gasteiger partial charge on any atom is 0.251 e. The van der Waals surface area contributed by atoms with Crippen molar-refractivity contribution in [2.24, 2.45) is 0 Å². The highest BCUT2D eigenvalue weighted by molar-refractivity contribution is 7.91. The number of amides is 1. The van der Waals surface area contributed by atoms with Crippen LogP contribution < -0.4 is 5.32 Å². The van der Waals surface area contributed by atoms with Gasteiger partial charge in [-0.25, -0.2) is 17.2 Å². The molecular formula is C28H29F2N3O4S. The van der Waals surface area contributed by atoms with Gasteiger partial charge in [-0.05, 0) is 66.6 Å². The zero-order valence-electron chi connectivity index (χ0n) is 25.4. The van der Waals surface area contributed by atoms with Crippen LogP contribution in [-0.2, 0) is 22.8 Å². The Labute approximate surface area is 227 Å². The Morgan fingerprint density at radius 3 is 2.68 bits per heavy atom. The molecule has 38 heavy (non-hydrogen) atoms. The monoisotopic (exact) mass is 546 g/mol. The van der Waals surface area contributed by atoms with Gasteiger partial charge in [-0.1, -0.05) is 12.9 Å². The van der Waals surface area contributed by atoms with Gasteiger partial charge in [0.1, 0.15) is 12.5 Å². The lowest BCUT2D eigenvalue weighted by atomic mass is 10.0. The Balaban J connectivity index is 1.57. The number of nitrogens with one attached hydrogen (secondary N) is 1. The van der Waals surface area contributed by atoms with E-state index in [9.17, 15) is 27.1 Å². The van der Waals surface area contributed by atoms with E-state index in [1.54, 1.807) is 29.7 Å². The lowest BCUT2D eigenvalue weighted by molar-refractivity contribution is 0.0914. The fraction of sp³-hybridized carbons (Fsp3) is 0.286. The first-order valence-corrected chi connectivity index (χ1v) is 13.1. The van der Waals surface area contributed by atoms with E-state index in [2.05, 4.69) is 10.3 Å². The molecule has 0 radical (unpaired) electrons. The Morgan fingerprint density at radius 2 is 2.03 bits per heavy atom. The number of nitrogens with zero attached hydrogens (tertiary/aromatic N) is 2. The van der Waals surface area contributed by atoms with E-state index in [4.69, 9.17) is 6.85 Å². The standard InChI is InChI=1S/C28H29F2N3O4S/c1-3-38(36,37)24-7-8-25(31-16-24)26(17-34)32-28(35)20-5-9-27-21(13-20)15-23(33(27)11-10-29)14-19-4-6-22(30)12-18(19)2/h4-9,12-13,15-16,26,34H,3,10-11,14,17H2,1-2H3,(H,32,35)/t26-/m0/s1/i1D3,3D2. The molecule has 0 aliphatic rings. The van der Waals surface area contributed by atoms with Gasteiger partial charge in [-0.2, -0.15) is 0 Å². The van der Waals surface area contributed by atoms with Crippen molar-refractivity contribution in [3.63, 3.8) is 0 Å². The number of aliphatic hydroxyl groups excluding tert-OH is 1. The third-order valence-corrected chi connectivity index (χ3v) is 7.41. The first-order valence-electron chi connectivity index (χ1n) is 14.2. The Hall–Kier alpha value is -3.63. The van der Waals surface area contributed by atoms with Crippen molar-refractivity contribution in [2.45, 2.75) is 37.7 Å². The van der Waals surface area contributed by atoms with E-state index < -0.39 is 52.5 Å². The van der Waals surface area contributed by atoms with Crippen molar-refractivity contribution < 1.29 is 34.0 Å². The number of rotatable bonds is 10. The summed E-state index contributed by atoms with van der Waals surface area (Å²) in [7, 11) is -4.95. The summed E-state index contributed by atoms with van der Waals surface area (Å²) in [5.41, 5.74) is -0.202. The quantitative estimate of drug-likeness (QED) is 0.309. The second-order valence-corrected chi connectivity index (χ2v) is 10.4. The largest absolute Gasteiger partial charge is 0.394 e. The molecular weight excluding hydrogens is 512 g/mol. The number of pyridine rings is 1. The molecule has 0 fully saturated rings. The second-order valence-electron chi connectivity index (χ2n) is 8.73. The molecule has 2 N–H and O–H groups in total. The number of alkyl halides is 1. The molecule has 0 spiro atoms. The molecule has 0 saturated heterocycles. The zero-order valence-corrected chi connectivity index (χ0v) is 21.2. The summed E-state index contributed by atoms with van der Waals surface area (Å²) in [4.78, 5) is 16.4. The summed E-state index contributed by atoms with van der Waals surface area (Å²) >= 11 is 0. The van der Waals surface area contributed by atoms with E-state index >= 15 is 0 Å². The molecule has 0 aliphatic carbocycles. The van der Waals surface area contributed by atoms with Crippen molar-refractivity contribution in [3.05, 3.63) is 94.7 Å². The molecule has 2 heterocycles. The predicted octanol–water partition coefficient (Wildman–Crippen LogP) is 4.30. The van der Waals surface area contributed by atoms with Gasteiger partial charge in [0.2, 0.25) is 0 Å². The molecule has 0 unspecified atom stereocenters. The van der Waals surface area contributed by atoms with E-state index in [0.717, 1.165) is 35.2 Å². The summed E-state index contributed by atoms with van der Waals surface area (Å²) in [6.07, 6.45) is 1.19. The van der Waals surface area contributed by atoms with Gasteiger partial charge in [0.05, 0.1) is 35.5 Å². The van der Waals surface area contributed by atoms with Gasteiger partial charge in [-0.15, -0.1) is 0 Å². The van der Waals surface area contributed by atoms with Crippen LogP contribution in [0.5, 0.6) is 0 Å². The smallest absolute Gasteiger partial charge is 0.251 e. The number of fused-ring (bicyclic) bond motifs is 1. The number of hydrogen-bond acceptors (Lipinski definition) is 5. The van der Waals surface area contributed by atoms with Crippen molar-refractivity contribution in [2.75, 3.05) is 19.0 Å². The number of carbonyl (C=O) groups excluding carboxylic acids is 1. The summed E-state index contributed by atoms with van der Waals surface area (Å²) < 4.78 is 90.9. The number of benzene rings is 2. The van der Waals surface area contributed by atoms with Crippen LogP contribution >= 0.6 is 0 Å². The van der Waals surface area contributed by atoms with Crippen LogP contribution in [0.1, 0.15) is 52.6 Å². The molecule has 10 heteroatoms. The average Bonchev–Trinajstić information content (AvgIpc) is 3.28. The maximum absolute atomic E-state index is 13.6. The number of halogens is 2. The molecule has 0 saturated carbocycles. The lowest BCUT2D eigenvalue weighted by Crippen LogP contribution is -2.31. The normalized spacial score (nSPS) is 15.2. The Morgan fingerprint density at radius 1 is 1.21 bits per heavy atom. The van der Waals surface area contributed by atoms with Crippen LogP contribution in [0.15, 0.2) is 65.7 Å². The molecule has 1 amide bonds. The van der Waals surface area contributed by atoms with Crippen LogP contribution in [0.25, 0.3) is 10.9 Å². The summed E-state index contributed by atoms with van der Waals surface area (Å²) in [6.45, 7) is -2.80. The summed E-state index contributed by atoms with van der Waals surface area (Å²) in [5, 5.41) is 13.2. The van der Waals surface area contributed by atoms with Crippen molar-refractivity contribution in [1.29, 1.82) is 0 Å². The molecule has 0 aliphatic heterocycles. The number of sulfone groups is 1. The number of aryl methyl sites for hydroxylation is 2. The SMILES string of the molecule is [2H]C([2H])([2H])C([2H])([2H])S(=O)(=O)c1ccc([C@H](CO)NC(=O)c2ccc3c(c2)cc(Cc2ccc(F)cc2C)n3CCF)nc1. The summed E-state index contributed by atoms with van der Waals surface area (Å²) in [6, 6.07) is 12.1. The third-order valence-electron chi connectivity index (χ3n) is 6.28. The van der Waals surface area contributed by atoms with Gasteiger partial charge in [-0.3, -0.25) is 9.78 Å². The van der Waals surface area contributed by atoms with E-state index in [1.807, 2.05) is 6.07 Å². The van der Waals surface area contributed by atoms with Crippen molar-refractivity contribution >= 4 is 26.6 Å². The molecule has 4 rings (SSSR count). The van der Waals surface area contributed by atoms with Gasteiger partial charge < -0.3 is 15.0 Å². The highest BCUT2D eigenvalue weighted by atomic mass is 32.2. The molecule has 2 aromatic carbocycles. The van der Waals surface area contributed by atoms with E-state index in [1.165, 1.54) is 18.2 Å². The minimum absolute atomic E-state index is 0.0522. The van der Waals surface area contributed by atoms with E-state index in [-0.39, 0.29) is 23.6 Å². The number of aromatic nitrogens is 2. The topological polar surface area (TPSA) is 101 Å². The second kappa shape index (κ2) is 11.4. The van der Waals surface area contributed by atoms with Gasteiger partial charge >= 0.3 is 0 Å². The van der Waals surface area contributed by atoms with Crippen LogP contribution in [0, 0.1) is 12.7 Å². The molecule has 2 aromatic heterocycles. The Bertz CT molecular complexity index is 1760. The first-order chi connectivity index (χ1) is 20.1. The number of carbonyl (C=O) groups is 1. The third kappa shape index (κ3) is 5.76. The van der Waals surface area contributed by atoms with Crippen molar-refractivity contribution in [3.8, 4) is 0 Å². The molecule has 200 valence electrons. The highest BCUT2D eigenvalue weighted by Crippen LogP contribution is 2.25. The van der Waals surface area contributed by atoms with Crippen LogP contribution in [0.3, 0.4) is 0 Å². The van der Waals surface area contributed by atoms with Crippen LogP contribution in [0.2, 0.25) is 0 Å². The first kappa shape index (κ1) is 21.3. The average molecular weight is 547 g/mol. The minimum atomic E-state index is -4.95. The van der Waals surface area contributed by atoms with Crippen LogP contribution in [0.4, 0.5) is 8.78 Å². The molecule has 7 nitrogen and oxygen atoms in total. The Kier molecular flexibility index (Phi) is 6.40. The van der Waals surface area contributed by atoms with Gasteiger partial charge in [0, 0.05) is 41.6 Å². The van der Waals surface area contributed by atoms with Gasteiger partial charge in [0.25, 0.3) is 5.91 Å². The van der Waals surface area contributed by atoms with Crippen molar-refractivity contribution in [1.82, 2.24) is 14.9 Å². The maximum atomic E-state index is 13.6. The van der Waals surface area contributed by atoms with Crippen LogP contribution in [-0.4, -0.2) is 48.0 Å². The lowest BCUT2D eigenvalue weighted by Gasteiger charge is -2.16. The molecule has 1 atom stereocenters. The van der Waals surface area contributed by atoms with Gasteiger partial charge in [0.15, 0.2) is 9.84 Å². The van der Waals surface area contributed by atoms with E-state index in [0.29, 0.717) is 17.3 Å². The number of aliphatic hydroxyl groups is 1. The summed E-state index contributed by atoms with van der Waals surface area (Å²) in [5.74, 6) is -0.942. The molecule has 0 bridgehead atoms. The fourth-order valence-corrected chi connectivity index (χ4v) is 4.84. The minimum Gasteiger partial charge on any atom is -0.394 e.